The van der Waals surface area contributed by atoms with Crippen LogP contribution in [0.1, 0.15) is 10.4 Å². The highest BCUT2D eigenvalue weighted by molar-refractivity contribution is 7.92. The molecule has 0 saturated carbocycles. The van der Waals surface area contributed by atoms with E-state index in [1.165, 1.54) is 23.5 Å². The molecule has 1 fully saturated rings. The van der Waals surface area contributed by atoms with Crippen LogP contribution in [0.5, 0.6) is 0 Å². The van der Waals surface area contributed by atoms with Crippen molar-refractivity contribution >= 4 is 44.6 Å². The maximum Gasteiger partial charge on any atom is 0.264 e. The summed E-state index contributed by atoms with van der Waals surface area (Å²) in [7, 11) is -2.36. The molecule has 0 unspecified atom stereocenters. The summed E-state index contributed by atoms with van der Waals surface area (Å²) in [5, 5.41) is 3.38. The van der Waals surface area contributed by atoms with Crippen molar-refractivity contribution in [1.82, 2.24) is 0 Å². The van der Waals surface area contributed by atoms with Gasteiger partial charge >= 0.3 is 0 Å². The lowest BCUT2D eigenvalue weighted by Crippen LogP contribution is -2.36. The van der Waals surface area contributed by atoms with E-state index in [4.69, 9.17) is 16.3 Å². The summed E-state index contributed by atoms with van der Waals surface area (Å²) in [6, 6.07) is 20.1. The van der Waals surface area contributed by atoms with Crippen LogP contribution >= 0.6 is 11.6 Å². The number of ether oxygens (including phenoxy) is 1. The van der Waals surface area contributed by atoms with Gasteiger partial charge in [-0.15, -0.1) is 0 Å². The number of amides is 1. The second-order valence-electron chi connectivity index (χ2n) is 7.55. The van der Waals surface area contributed by atoms with Gasteiger partial charge < -0.3 is 15.0 Å². The molecule has 3 aromatic carbocycles. The summed E-state index contributed by atoms with van der Waals surface area (Å²) in [6.07, 6.45) is 0. The Labute approximate surface area is 198 Å². The Morgan fingerprint density at radius 3 is 2.45 bits per heavy atom. The standard InChI is InChI=1S/C24H24ClN3O4S/c1-27(20-7-3-2-4-8-20)33(30,31)21-9-5-6-18(16-21)24(29)26-22-17-19(25)10-11-23(22)28-12-14-32-15-13-28/h2-11,16-17H,12-15H2,1H3,(H,26,29). The van der Waals surface area contributed by atoms with Crippen molar-refractivity contribution in [1.29, 1.82) is 0 Å². The van der Waals surface area contributed by atoms with Crippen molar-refractivity contribution < 1.29 is 17.9 Å². The van der Waals surface area contributed by atoms with E-state index in [2.05, 4.69) is 10.2 Å². The number of anilines is 3. The molecule has 0 bridgehead atoms. The minimum atomic E-state index is -3.84. The topological polar surface area (TPSA) is 79.0 Å². The Hall–Kier alpha value is -3.07. The Bertz CT molecular complexity index is 1250. The molecule has 4 rings (SSSR count). The van der Waals surface area contributed by atoms with Crippen LogP contribution in [0.15, 0.2) is 77.7 Å². The zero-order valence-electron chi connectivity index (χ0n) is 18.1. The van der Waals surface area contributed by atoms with Crippen molar-refractivity contribution in [3.05, 3.63) is 83.4 Å². The number of hydrogen-bond acceptors (Lipinski definition) is 5. The molecule has 1 N–H and O–H groups in total. The van der Waals surface area contributed by atoms with Gasteiger partial charge in [0.2, 0.25) is 0 Å². The SMILES string of the molecule is CN(c1ccccc1)S(=O)(=O)c1cccc(C(=O)Nc2cc(Cl)ccc2N2CCOCC2)c1. The number of benzene rings is 3. The first kappa shape index (κ1) is 23.1. The zero-order chi connectivity index (χ0) is 23.4. The third-order valence-corrected chi connectivity index (χ3v) is 7.45. The van der Waals surface area contributed by atoms with Gasteiger partial charge in [0, 0.05) is 30.7 Å². The molecule has 7 nitrogen and oxygen atoms in total. The first-order valence-corrected chi connectivity index (χ1v) is 12.3. The number of halogens is 1. The molecular formula is C24H24ClN3O4S. The maximum atomic E-state index is 13.1. The fourth-order valence-corrected chi connectivity index (χ4v) is 5.03. The Kier molecular flexibility index (Phi) is 6.88. The van der Waals surface area contributed by atoms with Crippen LogP contribution in [-0.4, -0.2) is 47.7 Å². The molecule has 1 aliphatic rings. The third kappa shape index (κ3) is 5.13. The molecule has 0 atom stereocenters. The molecule has 0 radical (unpaired) electrons. The third-order valence-electron chi connectivity index (χ3n) is 5.43. The average molecular weight is 486 g/mol. The van der Waals surface area contributed by atoms with E-state index in [1.807, 2.05) is 12.1 Å². The van der Waals surface area contributed by atoms with Gasteiger partial charge in [0.15, 0.2) is 0 Å². The van der Waals surface area contributed by atoms with E-state index < -0.39 is 15.9 Å². The van der Waals surface area contributed by atoms with Crippen LogP contribution in [0.25, 0.3) is 0 Å². The van der Waals surface area contributed by atoms with E-state index in [0.29, 0.717) is 42.7 Å². The molecule has 172 valence electrons. The second-order valence-corrected chi connectivity index (χ2v) is 9.96. The van der Waals surface area contributed by atoms with Gasteiger partial charge in [0.05, 0.1) is 35.2 Å². The summed E-state index contributed by atoms with van der Waals surface area (Å²) in [6.45, 7) is 2.60. The first-order valence-electron chi connectivity index (χ1n) is 10.4. The Morgan fingerprint density at radius 1 is 1.00 bits per heavy atom. The highest BCUT2D eigenvalue weighted by Gasteiger charge is 2.23. The van der Waals surface area contributed by atoms with Crippen molar-refractivity contribution in [2.45, 2.75) is 4.90 Å². The first-order chi connectivity index (χ1) is 15.9. The number of carbonyl (C=O) groups is 1. The predicted molar refractivity (Wildman–Crippen MR) is 131 cm³/mol. The molecule has 0 spiro atoms. The van der Waals surface area contributed by atoms with Crippen LogP contribution in [0.3, 0.4) is 0 Å². The summed E-state index contributed by atoms with van der Waals surface area (Å²) in [5.74, 6) is -0.425. The number of rotatable bonds is 6. The van der Waals surface area contributed by atoms with E-state index in [0.717, 1.165) is 5.69 Å². The zero-order valence-corrected chi connectivity index (χ0v) is 19.6. The summed E-state index contributed by atoms with van der Waals surface area (Å²) in [5.41, 5.74) is 2.15. The maximum absolute atomic E-state index is 13.1. The lowest BCUT2D eigenvalue weighted by molar-refractivity contribution is 0.102. The summed E-state index contributed by atoms with van der Waals surface area (Å²) >= 11 is 6.18. The van der Waals surface area contributed by atoms with Crippen molar-refractivity contribution in [3.8, 4) is 0 Å². The van der Waals surface area contributed by atoms with E-state index in [9.17, 15) is 13.2 Å². The number of sulfonamides is 1. The van der Waals surface area contributed by atoms with E-state index >= 15 is 0 Å². The summed E-state index contributed by atoms with van der Waals surface area (Å²) < 4.78 is 32.9. The average Bonchev–Trinajstić information content (AvgIpc) is 2.85. The van der Waals surface area contributed by atoms with Gasteiger partial charge in [-0.2, -0.15) is 0 Å². The van der Waals surface area contributed by atoms with E-state index in [1.54, 1.807) is 48.5 Å². The van der Waals surface area contributed by atoms with Crippen molar-refractivity contribution in [2.75, 3.05) is 47.9 Å². The Morgan fingerprint density at radius 2 is 1.73 bits per heavy atom. The number of para-hydroxylation sites is 1. The molecule has 33 heavy (non-hydrogen) atoms. The number of nitrogens with zero attached hydrogens (tertiary/aromatic N) is 2. The van der Waals surface area contributed by atoms with Crippen LogP contribution in [0, 0.1) is 0 Å². The highest BCUT2D eigenvalue weighted by Crippen LogP contribution is 2.30. The second kappa shape index (κ2) is 9.82. The van der Waals surface area contributed by atoms with Crippen LogP contribution in [0.2, 0.25) is 5.02 Å². The fraction of sp³-hybridized carbons (Fsp3) is 0.208. The molecule has 0 aliphatic carbocycles. The van der Waals surface area contributed by atoms with Crippen molar-refractivity contribution in [3.63, 3.8) is 0 Å². The van der Waals surface area contributed by atoms with Gasteiger partial charge in [-0.05, 0) is 48.5 Å². The largest absolute Gasteiger partial charge is 0.378 e. The Balaban J connectivity index is 1.60. The van der Waals surface area contributed by atoms with Crippen LogP contribution < -0.4 is 14.5 Å². The minimum Gasteiger partial charge on any atom is -0.378 e. The van der Waals surface area contributed by atoms with Gasteiger partial charge in [0.25, 0.3) is 15.9 Å². The minimum absolute atomic E-state index is 0.0287. The van der Waals surface area contributed by atoms with Gasteiger partial charge in [-0.1, -0.05) is 35.9 Å². The molecule has 1 aliphatic heterocycles. The van der Waals surface area contributed by atoms with Crippen molar-refractivity contribution in [2.24, 2.45) is 0 Å². The van der Waals surface area contributed by atoms with Crippen LogP contribution in [0.4, 0.5) is 17.1 Å². The molecule has 1 saturated heterocycles. The van der Waals surface area contributed by atoms with Crippen LogP contribution in [-0.2, 0) is 14.8 Å². The fourth-order valence-electron chi connectivity index (χ4n) is 3.62. The van der Waals surface area contributed by atoms with Gasteiger partial charge in [-0.25, -0.2) is 8.42 Å². The molecule has 9 heteroatoms. The highest BCUT2D eigenvalue weighted by atomic mass is 35.5. The number of morpholine rings is 1. The quantitative estimate of drug-likeness (QED) is 0.564. The van der Waals surface area contributed by atoms with Gasteiger partial charge in [-0.3, -0.25) is 9.10 Å². The van der Waals surface area contributed by atoms with E-state index in [-0.39, 0.29) is 10.5 Å². The number of nitrogens with one attached hydrogen (secondary N) is 1. The molecule has 0 aromatic heterocycles. The molecular weight excluding hydrogens is 462 g/mol. The lowest BCUT2D eigenvalue weighted by atomic mass is 10.2. The normalized spacial score (nSPS) is 14.1. The summed E-state index contributed by atoms with van der Waals surface area (Å²) in [4.78, 5) is 15.2. The monoisotopic (exact) mass is 485 g/mol. The molecule has 1 amide bonds. The number of carbonyl (C=O) groups excluding carboxylic acids is 1. The number of hydrogen-bond donors (Lipinski definition) is 1. The smallest absolute Gasteiger partial charge is 0.264 e. The van der Waals surface area contributed by atoms with Gasteiger partial charge in [0.1, 0.15) is 0 Å². The molecule has 1 heterocycles. The lowest BCUT2D eigenvalue weighted by Gasteiger charge is -2.30. The molecule has 3 aromatic rings. The predicted octanol–water partition coefficient (Wildman–Crippen LogP) is 4.25.